The molecule has 3 fully saturated rings. The third-order valence-corrected chi connectivity index (χ3v) is 16.1. The summed E-state index contributed by atoms with van der Waals surface area (Å²) in [5.41, 5.74) is 2.20. The van der Waals surface area contributed by atoms with E-state index in [1.807, 2.05) is 6.92 Å². The monoisotopic (exact) mass is 502 g/mol. The van der Waals surface area contributed by atoms with Crippen LogP contribution >= 0.6 is 0 Å². The van der Waals surface area contributed by atoms with Crippen molar-refractivity contribution >= 4 is 14.5 Å². The Hall–Kier alpha value is -1.07. The Kier molecular flexibility index (Phi) is 6.75. The van der Waals surface area contributed by atoms with Crippen LogP contribution in [0.1, 0.15) is 92.9 Å². The number of hydrogen-bond acceptors (Lipinski definition) is 4. The summed E-state index contributed by atoms with van der Waals surface area (Å²) in [5, 5.41) is 0.248. The average molecular weight is 503 g/mol. The topological polar surface area (TPSA) is 44.8 Å². The normalized spacial score (nSPS) is 41.2. The Morgan fingerprint density at radius 2 is 1.74 bits per heavy atom. The highest BCUT2D eigenvalue weighted by Crippen LogP contribution is 2.69. The van der Waals surface area contributed by atoms with E-state index >= 15 is 0 Å². The molecule has 7 atom stereocenters. The minimum atomic E-state index is -1.77. The summed E-state index contributed by atoms with van der Waals surface area (Å²) in [6.45, 7) is 23.1. The van der Waals surface area contributed by atoms with Crippen molar-refractivity contribution in [2.45, 2.75) is 123 Å². The molecule has 4 aliphatic rings. The minimum Gasteiger partial charge on any atom is -0.438 e. The van der Waals surface area contributed by atoms with Crippen LogP contribution in [0.5, 0.6) is 0 Å². The van der Waals surface area contributed by atoms with Gasteiger partial charge in [-0.15, -0.1) is 0 Å². The third-order valence-electron chi connectivity index (χ3n) is 11.6. The van der Waals surface area contributed by atoms with Gasteiger partial charge in [0.1, 0.15) is 5.60 Å². The quantitative estimate of drug-likeness (QED) is 0.220. The Morgan fingerprint density at radius 3 is 2.34 bits per heavy atom. The second kappa shape index (κ2) is 8.75. The van der Waals surface area contributed by atoms with E-state index in [-0.39, 0.29) is 15.9 Å². The molecule has 4 unspecified atom stereocenters. The van der Waals surface area contributed by atoms with Gasteiger partial charge >= 0.3 is 6.16 Å². The van der Waals surface area contributed by atoms with Crippen molar-refractivity contribution < 1.29 is 18.7 Å². The van der Waals surface area contributed by atoms with Gasteiger partial charge in [0.05, 0.1) is 7.11 Å². The second-order valence-electron chi connectivity index (χ2n) is 14.2. The standard InChI is InChI=1S/C30H50O4Si/c1-20(2)30(33-26(31)32-8)18-15-25-23-12-11-21-19-22(34-35(9,10)27(3,4)5)13-16-28(21,6)24(23)14-17-29(25,30)7/h11,22-25H,1,12-19H2,2-10H3/t22?,23?,24?,25?,28-,29-,30+/m0/s1. The number of ether oxygens (including phenoxy) is 2. The van der Waals surface area contributed by atoms with Crippen LogP contribution in [0.2, 0.25) is 18.1 Å². The molecule has 0 saturated heterocycles. The molecule has 5 heteroatoms. The molecule has 4 aliphatic carbocycles. The summed E-state index contributed by atoms with van der Waals surface area (Å²) >= 11 is 0. The summed E-state index contributed by atoms with van der Waals surface area (Å²) in [5.74, 6) is 1.88. The predicted molar refractivity (Wildman–Crippen MR) is 145 cm³/mol. The largest absolute Gasteiger partial charge is 0.508 e. The van der Waals surface area contributed by atoms with Gasteiger partial charge < -0.3 is 13.9 Å². The number of hydrogen-bond donors (Lipinski definition) is 0. The summed E-state index contributed by atoms with van der Waals surface area (Å²) in [4.78, 5) is 12.3. The Bertz CT molecular complexity index is 901. The molecule has 35 heavy (non-hydrogen) atoms. The maximum atomic E-state index is 12.3. The Morgan fingerprint density at radius 1 is 1.09 bits per heavy atom. The number of allylic oxidation sites excluding steroid dienone is 1. The lowest BCUT2D eigenvalue weighted by Gasteiger charge is -2.59. The van der Waals surface area contributed by atoms with Gasteiger partial charge in [0.2, 0.25) is 0 Å². The molecule has 0 amide bonds. The van der Waals surface area contributed by atoms with Crippen LogP contribution in [0.25, 0.3) is 0 Å². The van der Waals surface area contributed by atoms with E-state index in [4.69, 9.17) is 13.9 Å². The molecular formula is C30H50O4Si. The molecule has 4 rings (SSSR count). The number of methoxy groups -OCH3 is 1. The van der Waals surface area contributed by atoms with Crippen molar-refractivity contribution in [2.24, 2.45) is 28.6 Å². The van der Waals surface area contributed by atoms with Crippen molar-refractivity contribution in [1.82, 2.24) is 0 Å². The smallest absolute Gasteiger partial charge is 0.438 e. The highest BCUT2D eigenvalue weighted by Gasteiger charge is 2.66. The maximum absolute atomic E-state index is 12.3. The van der Waals surface area contributed by atoms with Gasteiger partial charge in [0, 0.05) is 11.5 Å². The first-order valence-corrected chi connectivity index (χ1v) is 16.8. The molecule has 0 spiro atoms. The van der Waals surface area contributed by atoms with Gasteiger partial charge in [-0.05, 0) is 105 Å². The van der Waals surface area contributed by atoms with Crippen molar-refractivity contribution in [1.29, 1.82) is 0 Å². The van der Waals surface area contributed by atoms with Crippen molar-refractivity contribution in [2.75, 3.05) is 7.11 Å². The zero-order valence-corrected chi connectivity index (χ0v) is 24.9. The van der Waals surface area contributed by atoms with E-state index in [0.717, 1.165) is 37.7 Å². The van der Waals surface area contributed by atoms with E-state index in [1.165, 1.54) is 26.4 Å². The first-order chi connectivity index (χ1) is 16.1. The SMILES string of the molecule is C=C(C)[C@]1(OC(=O)OC)CCC2C3CC=C4CC(O[Si](C)(C)C(C)(C)C)CC[C@]4(C)C3CC[C@@]21C. The van der Waals surface area contributed by atoms with Gasteiger partial charge in [-0.25, -0.2) is 4.79 Å². The summed E-state index contributed by atoms with van der Waals surface area (Å²) in [7, 11) is -0.364. The highest BCUT2D eigenvalue weighted by atomic mass is 28.4. The minimum absolute atomic E-state index is 0.0848. The number of fused-ring (bicyclic) bond motifs is 5. The lowest BCUT2D eigenvalue weighted by molar-refractivity contribution is -0.119. The molecule has 0 heterocycles. The molecule has 0 aromatic rings. The van der Waals surface area contributed by atoms with E-state index in [0.29, 0.717) is 23.9 Å². The molecule has 0 N–H and O–H groups in total. The van der Waals surface area contributed by atoms with Crippen LogP contribution in [-0.4, -0.2) is 33.3 Å². The molecule has 3 saturated carbocycles. The first-order valence-electron chi connectivity index (χ1n) is 13.9. The van der Waals surface area contributed by atoms with Gasteiger partial charge in [-0.1, -0.05) is 52.8 Å². The van der Waals surface area contributed by atoms with Crippen LogP contribution in [0.3, 0.4) is 0 Å². The highest BCUT2D eigenvalue weighted by molar-refractivity contribution is 6.74. The number of rotatable bonds is 4. The zero-order chi connectivity index (χ0) is 26.0. The molecule has 4 nitrogen and oxygen atoms in total. The van der Waals surface area contributed by atoms with E-state index in [1.54, 1.807) is 5.57 Å². The van der Waals surface area contributed by atoms with Crippen molar-refractivity contribution in [3.05, 3.63) is 23.8 Å². The van der Waals surface area contributed by atoms with E-state index in [9.17, 15) is 4.79 Å². The molecule has 198 valence electrons. The fraction of sp³-hybridized carbons (Fsp3) is 0.833. The van der Waals surface area contributed by atoms with Crippen LogP contribution in [0.15, 0.2) is 23.8 Å². The van der Waals surface area contributed by atoms with Crippen LogP contribution < -0.4 is 0 Å². The lowest BCUT2D eigenvalue weighted by atomic mass is 9.46. The summed E-state index contributed by atoms with van der Waals surface area (Å²) in [6, 6.07) is 0. The van der Waals surface area contributed by atoms with Gasteiger partial charge in [-0.3, -0.25) is 0 Å². The van der Waals surface area contributed by atoms with Crippen LogP contribution in [0, 0.1) is 28.6 Å². The average Bonchev–Trinajstić information content (AvgIpc) is 3.06. The first kappa shape index (κ1) is 27.0. The number of carbonyl (C=O) groups is 1. The lowest BCUT2D eigenvalue weighted by Crippen LogP contribution is -2.56. The molecular weight excluding hydrogens is 452 g/mol. The summed E-state index contributed by atoms with van der Waals surface area (Å²) in [6.07, 6.45) is 11.3. The van der Waals surface area contributed by atoms with Crippen LogP contribution in [0.4, 0.5) is 4.79 Å². The van der Waals surface area contributed by atoms with Crippen molar-refractivity contribution in [3.63, 3.8) is 0 Å². The molecule has 0 aliphatic heterocycles. The van der Waals surface area contributed by atoms with Gasteiger partial charge in [0.15, 0.2) is 8.32 Å². The fourth-order valence-corrected chi connectivity index (χ4v) is 9.85. The predicted octanol–water partition coefficient (Wildman–Crippen LogP) is 8.44. The molecule has 0 aromatic heterocycles. The molecule has 0 radical (unpaired) electrons. The maximum Gasteiger partial charge on any atom is 0.508 e. The van der Waals surface area contributed by atoms with Crippen molar-refractivity contribution in [3.8, 4) is 0 Å². The molecule has 0 bridgehead atoms. The van der Waals surface area contributed by atoms with Crippen LogP contribution in [-0.2, 0) is 13.9 Å². The molecule has 0 aromatic carbocycles. The number of carbonyl (C=O) groups excluding carboxylic acids is 1. The Labute approximate surface area is 215 Å². The van der Waals surface area contributed by atoms with E-state index < -0.39 is 20.1 Å². The third kappa shape index (κ3) is 4.07. The van der Waals surface area contributed by atoms with Gasteiger partial charge in [-0.2, -0.15) is 0 Å². The fourth-order valence-electron chi connectivity index (χ4n) is 8.46. The van der Waals surface area contributed by atoms with E-state index in [2.05, 4.69) is 60.4 Å². The van der Waals surface area contributed by atoms with Gasteiger partial charge in [0.25, 0.3) is 0 Å². The summed E-state index contributed by atoms with van der Waals surface area (Å²) < 4.78 is 17.9. The second-order valence-corrected chi connectivity index (χ2v) is 18.9. The zero-order valence-electron chi connectivity index (χ0n) is 23.9. The Balaban J connectivity index is 1.57.